The molecule has 1 aliphatic rings. The number of hydrogen-bond donors (Lipinski definition) is 0. The van der Waals surface area contributed by atoms with Gasteiger partial charge in [0.25, 0.3) is 0 Å². The van der Waals surface area contributed by atoms with Gasteiger partial charge in [0.1, 0.15) is 0 Å². The Labute approximate surface area is 123 Å². The third kappa shape index (κ3) is 3.69. The van der Waals surface area contributed by atoms with Crippen LogP contribution in [-0.4, -0.2) is 13.1 Å². The van der Waals surface area contributed by atoms with E-state index in [4.69, 9.17) is 5.26 Å². The molecule has 0 bridgehead atoms. The number of halogens is 3. The van der Waals surface area contributed by atoms with Gasteiger partial charge < -0.3 is 4.90 Å². The zero-order chi connectivity index (χ0) is 15.5. The molecule has 1 heterocycles. The Morgan fingerprint density at radius 3 is 2.67 bits per heavy atom. The van der Waals surface area contributed by atoms with Crippen LogP contribution >= 0.6 is 0 Å². The second-order valence-electron chi connectivity index (χ2n) is 5.53. The van der Waals surface area contributed by atoms with Crippen LogP contribution in [0.1, 0.15) is 43.7 Å². The van der Waals surface area contributed by atoms with E-state index in [1.54, 1.807) is 12.1 Å². The average molecular weight is 296 g/mol. The van der Waals surface area contributed by atoms with Crippen LogP contribution in [0.4, 0.5) is 18.9 Å². The van der Waals surface area contributed by atoms with Crippen LogP contribution in [0.2, 0.25) is 0 Å². The van der Waals surface area contributed by atoms with Gasteiger partial charge in [-0.05, 0) is 43.4 Å². The number of nitrogens with zero attached hydrogens (tertiary/aromatic N) is 2. The van der Waals surface area contributed by atoms with E-state index in [0.717, 1.165) is 44.8 Å². The lowest BCUT2D eigenvalue weighted by Gasteiger charge is -2.24. The minimum Gasteiger partial charge on any atom is -0.372 e. The van der Waals surface area contributed by atoms with Crippen molar-refractivity contribution in [2.24, 2.45) is 5.92 Å². The summed E-state index contributed by atoms with van der Waals surface area (Å²) >= 11 is 0. The molecule has 0 radical (unpaired) electrons. The normalized spacial score (nSPS) is 20.0. The molecule has 21 heavy (non-hydrogen) atoms. The monoisotopic (exact) mass is 296 g/mol. The highest BCUT2D eigenvalue weighted by atomic mass is 19.4. The van der Waals surface area contributed by atoms with E-state index in [0.29, 0.717) is 11.6 Å². The van der Waals surface area contributed by atoms with Gasteiger partial charge in [-0.3, -0.25) is 0 Å². The van der Waals surface area contributed by atoms with Gasteiger partial charge in [0.15, 0.2) is 0 Å². The molecular formula is C16H19F3N2. The molecular weight excluding hydrogens is 277 g/mol. The van der Waals surface area contributed by atoms with Crippen molar-refractivity contribution in [2.75, 3.05) is 18.0 Å². The van der Waals surface area contributed by atoms with Crippen LogP contribution in [-0.2, 0) is 6.18 Å². The topological polar surface area (TPSA) is 27.0 Å². The Bertz CT molecular complexity index is 531. The van der Waals surface area contributed by atoms with Crippen molar-refractivity contribution in [1.82, 2.24) is 0 Å². The number of alkyl halides is 3. The lowest BCUT2D eigenvalue weighted by atomic mass is 9.98. The van der Waals surface area contributed by atoms with Crippen molar-refractivity contribution in [3.05, 3.63) is 29.3 Å². The van der Waals surface area contributed by atoms with Crippen LogP contribution in [0.5, 0.6) is 0 Å². The van der Waals surface area contributed by atoms with Crippen molar-refractivity contribution in [1.29, 1.82) is 5.26 Å². The lowest BCUT2D eigenvalue weighted by Crippen LogP contribution is -2.24. The van der Waals surface area contributed by atoms with E-state index in [2.05, 4.69) is 6.92 Å². The smallest absolute Gasteiger partial charge is 0.372 e. The summed E-state index contributed by atoms with van der Waals surface area (Å²) in [6.07, 6.45) is -0.221. The third-order valence-electron chi connectivity index (χ3n) is 4.22. The minimum absolute atomic E-state index is 0.312. The van der Waals surface area contributed by atoms with Gasteiger partial charge in [0.05, 0.1) is 17.2 Å². The zero-order valence-electron chi connectivity index (χ0n) is 12.1. The summed E-state index contributed by atoms with van der Waals surface area (Å²) in [6.45, 7) is 3.71. The summed E-state index contributed by atoms with van der Waals surface area (Å²) in [4.78, 5) is 2.01. The third-order valence-corrected chi connectivity index (χ3v) is 4.22. The van der Waals surface area contributed by atoms with Gasteiger partial charge in [-0.2, -0.15) is 18.4 Å². The molecule has 0 spiro atoms. The van der Waals surface area contributed by atoms with Crippen LogP contribution in [0.3, 0.4) is 0 Å². The molecule has 0 aromatic heterocycles. The quantitative estimate of drug-likeness (QED) is 0.798. The first-order valence-electron chi connectivity index (χ1n) is 7.32. The van der Waals surface area contributed by atoms with Gasteiger partial charge in [0.2, 0.25) is 0 Å². The Balaban J connectivity index is 2.26. The Hall–Kier alpha value is -1.70. The maximum atomic E-state index is 13.0. The molecule has 0 N–H and O–H groups in total. The standard InChI is InChI=1S/C16H19F3N2/c1-2-12-4-3-8-21(9-7-12)14-6-5-13(11-20)15(10-14)16(17,18)19/h5-6,10,12H,2-4,7-9H2,1H3. The van der Waals surface area contributed by atoms with Crippen LogP contribution in [0, 0.1) is 17.2 Å². The summed E-state index contributed by atoms with van der Waals surface area (Å²) in [5.74, 6) is 0.662. The molecule has 2 nitrogen and oxygen atoms in total. The van der Waals surface area contributed by atoms with Crippen molar-refractivity contribution in [2.45, 2.75) is 38.8 Å². The van der Waals surface area contributed by atoms with Crippen molar-refractivity contribution >= 4 is 5.69 Å². The second kappa shape index (κ2) is 6.38. The fourth-order valence-corrected chi connectivity index (χ4v) is 2.89. The molecule has 5 heteroatoms. The molecule has 114 valence electrons. The lowest BCUT2D eigenvalue weighted by molar-refractivity contribution is -0.137. The van der Waals surface area contributed by atoms with Crippen molar-refractivity contribution < 1.29 is 13.2 Å². The van der Waals surface area contributed by atoms with Gasteiger partial charge in [-0.25, -0.2) is 0 Å². The number of anilines is 1. The van der Waals surface area contributed by atoms with Crippen molar-refractivity contribution in [3.63, 3.8) is 0 Å². The largest absolute Gasteiger partial charge is 0.417 e. The minimum atomic E-state index is -4.49. The molecule has 0 aliphatic carbocycles. The van der Waals surface area contributed by atoms with Gasteiger partial charge in [-0.1, -0.05) is 13.3 Å². The van der Waals surface area contributed by atoms with E-state index < -0.39 is 11.7 Å². The number of benzene rings is 1. The molecule has 2 rings (SSSR count). The maximum absolute atomic E-state index is 13.0. The number of rotatable bonds is 2. The fourth-order valence-electron chi connectivity index (χ4n) is 2.89. The molecule has 1 atom stereocenters. The summed E-state index contributed by atoms with van der Waals surface area (Å²) in [6, 6.07) is 5.64. The zero-order valence-corrected chi connectivity index (χ0v) is 12.1. The highest BCUT2D eigenvalue weighted by Gasteiger charge is 2.34. The maximum Gasteiger partial charge on any atom is 0.417 e. The predicted molar refractivity (Wildman–Crippen MR) is 76.0 cm³/mol. The fraction of sp³-hybridized carbons (Fsp3) is 0.562. The first-order chi connectivity index (χ1) is 9.95. The summed E-state index contributed by atoms with van der Waals surface area (Å²) in [5.41, 5.74) is -0.579. The first kappa shape index (κ1) is 15.7. The van der Waals surface area contributed by atoms with Gasteiger partial charge in [0, 0.05) is 18.8 Å². The molecule has 1 fully saturated rings. The SMILES string of the molecule is CCC1CCCN(c2ccc(C#N)c(C(F)(F)F)c2)CC1. The highest BCUT2D eigenvalue weighted by Crippen LogP contribution is 2.35. The molecule has 1 unspecified atom stereocenters. The predicted octanol–water partition coefficient (Wildman–Crippen LogP) is 4.59. The van der Waals surface area contributed by atoms with E-state index in [9.17, 15) is 13.2 Å². The Morgan fingerprint density at radius 2 is 2.05 bits per heavy atom. The first-order valence-corrected chi connectivity index (χ1v) is 7.32. The van der Waals surface area contributed by atoms with E-state index >= 15 is 0 Å². The molecule has 0 saturated carbocycles. The molecule has 1 aromatic carbocycles. The summed E-state index contributed by atoms with van der Waals surface area (Å²) < 4.78 is 39.0. The van der Waals surface area contributed by atoms with Gasteiger partial charge >= 0.3 is 6.18 Å². The second-order valence-corrected chi connectivity index (χ2v) is 5.53. The van der Waals surface area contributed by atoms with E-state index in [1.165, 1.54) is 6.07 Å². The number of hydrogen-bond acceptors (Lipinski definition) is 2. The van der Waals surface area contributed by atoms with Gasteiger partial charge in [-0.15, -0.1) is 0 Å². The van der Waals surface area contributed by atoms with Crippen molar-refractivity contribution in [3.8, 4) is 6.07 Å². The highest BCUT2D eigenvalue weighted by molar-refractivity contribution is 5.54. The van der Waals surface area contributed by atoms with E-state index in [1.807, 2.05) is 4.90 Å². The van der Waals surface area contributed by atoms with Crippen LogP contribution < -0.4 is 4.90 Å². The van der Waals surface area contributed by atoms with Crippen LogP contribution in [0.15, 0.2) is 18.2 Å². The molecule has 1 aliphatic heterocycles. The molecule has 1 saturated heterocycles. The summed E-state index contributed by atoms with van der Waals surface area (Å²) in [7, 11) is 0. The Kier molecular flexibility index (Phi) is 4.76. The Morgan fingerprint density at radius 1 is 1.29 bits per heavy atom. The van der Waals surface area contributed by atoms with E-state index in [-0.39, 0.29) is 5.56 Å². The molecule has 1 aromatic rings. The number of nitriles is 1. The average Bonchev–Trinajstić information content (AvgIpc) is 2.71. The summed E-state index contributed by atoms with van der Waals surface area (Å²) in [5, 5.41) is 8.83. The molecule has 0 amide bonds. The van der Waals surface area contributed by atoms with Crippen LogP contribution in [0.25, 0.3) is 0 Å².